The van der Waals surface area contributed by atoms with Crippen LogP contribution < -0.4 is 16.4 Å². The fourth-order valence-electron chi connectivity index (χ4n) is 2.80. The van der Waals surface area contributed by atoms with Crippen LogP contribution in [0.25, 0.3) is 0 Å². The van der Waals surface area contributed by atoms with E-state index in [0.29, 0.717) is 23.0 Å². The van der Waals surface area contributed by atoms with Crippen LogP contribution in [0, 0.1) is 5.92 Å². The number of rotatable bonds is 4. The Labute approximate surface area is 114 Å². The summed E-state index contributed by atoms with van der Waals surface area (Å²) in [5.74, 6) is 0.830. The third-order valence-corrected chi connectivity index (χ3v) is 3.77. The molecule has 5 nitrogen and oxygen atoms in total. The molecule has 0 aliphatic heterocycles. The molecule has 1 aliphatic carbocycles. The van der Waals surface area contributed by atoms with E-state index in [1.165, 1.54) is 32.1 Å². The lowest BCUT2D eigenvalue weighted by atomic mass is 9.89. The van der Waals surface area contributed by atoms with Crippen LogP contribution in [0.15, 0.2) is 12.3 Å². The number of hydrogen-bond donors (Lipinski definition) is 2. The first kappa shape index (κ1) is 13.6. The van der Waals surface area contributed by atoms with Crippen molar-refractivity contribution in [3.05, 3.63) is 17.8 Å². The molecule has 1 aromatic rings. The molecule has 1 amide bonds. The maximum absolute atomic E-state index is 11.5. The number of hydrogen-bond acceptors (Lipinski definition) is 4. The minimum Gasteiger partial charge on any atom is -0.397 e. The van der Waals surface area contributed by atoms with Crippen LogP contribution in [0.2, 0.25) is 0 Å². The lowest BCUT2D eigenvalue weighted by molar-refractivity contribution is 0.100. The zero-order valence-electron chi connectivity index (χ0n) is 11.4. The number of nitrogen functional groups attached to an aromatic ring is 1. The molecule has 0 aromatic carbocycles. The number of nitrogens with zero attached hydrogens (tertiary/aromatic N) is 2. The highest BCUT2D eigenvalue weighted by molar-refractivity contribution is 5.98. The molecule has 1 fully saturated rings. The Morgan fingerprint density at radius 2 is 2.11 bits per heavy atom. The predicted molar refractivity (Wildman–Crippen MR) is 77.0 cm³/mol. The molecule has 1 heterocycles. The van der Waals surface area contributed by atoms with Gasteiger partial charge in [-0.05, 0) is 24.8 Å². The Kier molecular flexibility index (Phi) is 4.24. The molecule has 0 radical (unpaired) electrons. The second kappa shape index (κ2) is 5.91. The summed E-state index contributed by atoms with van der Waals surface area (Å²) in [5, 5.41) is 0. The normalized spacial score (nSPS) is 16.3. The second-order valence-corrected chi connectivity index (χ2v) is 5.39. The highest BCUT2D eigenvalue weighted by Gasteiger charge is 2.19. The quantitative estimate of drug-likeness (QED) is 0.866. The van der Waals surface area contributed by atoms with Crippen molar-refractivity contribution in [1.29, 1.82) is 0 Å². The molecule has 104 valence electrons. The zero-order chi connectivity index (χ0) is 13.8. The van der Waals surface area contributed by atoms with Gasteiger partial charge in [-0.25, -0.2) is 4.98 Å². The van der Waals surface area contributed by atoms with Crippen molar-refractivity contribution in [3.63, 3.8) is 0 Å². The topological polar surface area (TPSA) is 85.2 Å². The lowest BCUT2D eigenvalue weighted by Crippen LogP contribution is -2.30. The molecular weight excluding hydrogens is 240 g/mol. The minimum absolute atomic E-state index is 0.401. The molecule has 1 aromatic heterocycles. The Hall–Kier alpha value is -1.78. The molecule has 0 atom stereocenters. The first-order valence-electron chi connectivity index (χ1n) is 6.84. The smallest absolute Gasteiger partial charge is 0.252 e. The molecule has 0 bridgehead atoms. The van der Waals surface area contributed by atoms with E-state index in [0.717, 1.165) is 6.54 Å². The molecule has 0 saturated heterocycles. The summed E-state index contributed by atoms with van der Waals surface area (Å²) in [5.41, 5.74) is 11.9. The number of pyridine rings is 1. The summed E-state index contributed by atoms with van der Waals surface area (Å²) in [6.45, 7) is 0.914. The number of aromatic nitrogens is 1. The first-order chi connectivity index (χ1) is 9.08. The number of carbonyl (C=O) groups excluding carboxylic acids is 1. The highest BCUT2D eigenvalue weighted by atomic mass is 16.1. The molecule has 5 heteroatoms. The van der Waals surface area contributed by atoms with Crippen LogP contribution in [0.1, 0.15) is 42.5 Å². The summed E-state index contributed by atoms with van der Waals surface area (Å²) in [6, 6.07) is 1.60. The number of carbonyl (C=O) groups is 1. The fourth-order valence-corrected chi connectivity index (χ4v) is 2.80. The van der Waals surface area contributed by atoms with Gasteiger partial charge in [0.2, 0.25) is 0 Å². The van der Waals surface area contributed by atoms with Gasteiger partial charge in [-0.15, -0.1) is 0 Å². The van der Waals surface area contributed by atoms with E-state index in [2.05, 4.69) is 4.98 Å². The van der Waals surface area contributed by atoms with Crippen LogP contribution in [0.5, 0.6) is 0 Å². The second-order valence-electron chi connectivity index (χ2n) is 5.39. The van der Waals surface area contributed by atoms with Gasteiger partial charge in [-0.3, -0.25) is 4.79 Å². The van der Waals surface area contributed by atoms with Crippen molar-refractivity contribution in [3.8, 4) is 0 Å². The van der Waals surface area contributed by atoms with Gasteiger partial charge in [-0.1, -0.05) is 19.3 Å². The van der Waals surface area contributed by atoms with Gasteiger partial charge >= 0.3 is 0 Å². The maximum atomic E-state index is 11.5. The number of nitrogens with two attached hydrogens (primary N) is 2. The van der Waals surface area contributed by atoms with Crippen LogP contribution in [-0.2, 0) is 0 Å². The monoisotopic (exact) mass is 262 g/mol. The summed E-state index contributed by atoms with van der Waals surface area (Å²) in [7, 11) is 1.96. The summed E-state index contributed by atoms with van der Waals surface area (Å²) in [6.07, 6.45) is 8.02. The lowest BCUT2D eigenvalue weighted by Gasteiger charge is -2.28. The van der Waals surface area contributed by atoms with Crippen LogP contribution in [0.3, 0.4) is 0 Å². The zero-order valence-corrected chi connectivity index (χ0v) is 11.4. The van der Waals surface area contributed by atoms with Gasteiger partial charge in [0.05, 0.1) is 17.4 Å². The molecule has 2 rings (SSSR count). The minimum atomic E-state index is -0.481. The van der Waals surface area contributed by atoms with E-state index in [1.807, 2.05) is 11.9 Å². The van der Waals surface area contributed by atoms with Crippen LogP contribution >= 0.6 is 0 Å². The van der Waals surface area contributed by atoms with Gasteiger partial charge in [0.1, 0.15) is 5.82 Å². The van der Waals surface area contributed by atoms with Gasteiger partial charge < -0.3 is 16.4 Å². The van der Waals surface area contributed by atoms with E-state index < -0.39 is 5.91 Å². The Morgan fingerprint density at radius 3 is 2.74 bits per heavy atom. The van der Waals surface area contributed by atoms with E-state index in [-0.39, 0.29) is 0 Å². The highest BCUT2D eigenvalue weighted by Crippen LogP contribution is 2.26. The van der Waals surface area contributed by atoms with Crippen molar-refractivity contribution in [2.45, 2.75) is 32.1 Å². The van der Waals surface area contributed by atoms with Crippen molar-refractivity contribution >= 4 is 17.4 Å². The number of amides is 1. The summed E-state index contributed by atoms with van der Waals surface area (Å²) < 4.78 is 0. The molecule has 1 aliphatic rings. The van der Waals surface area contributed by atoms with Crippen molar-refractivity contribution in [2.75, 3.05) is 24.2 Å². The average molecular weight is 262 g/mol. The largest absolute Gasteiger partial charge is 0.397 e. The van der Waals surface area contributed by atoms with Gasteiger partial charge in [0, 0.05) is 13.6 Å². The molecule has 0 unspecified atom stereocenters. The molecular formula is C14H22N4O. The maximum Gasteiger partial charge on any atom is 0.252 e. The van der Waals surface area contributed by atoms with E-state index >= 15 is 0 Å². The van der Waals surface area contributed by atoms with Gasteiger partial charge in [0.25, 0.3) is 5.91 Å². The van der Waals surface area contributed by atoms with Crippen LogP contribution in [-0.4, -0.2) is 24.5 Å². The van der Waals surface area contributed by atoms with Gasteiger partial charge in [0.15, 0.2) is 0 Å². The SMILES string of the molecule is CN(CC1CCCCC1)c1ncc(N)cc1C(N)=O. The first-order valence-corrected chi connectivity index (χ1v) is 6.84. The molecule has 1 saturated carbocycles. The van der Waals surface area contributed by atoms with E-state index in [9.17, 15) is 4.79 Å². The van der Waals surface area contributed by atoms with Crippen molar-refractivity contribution in [2.24, 2.45) is 11.7 Å². The third-order valence-electron chi connectivity index (χ3n) is 3.77. The van der Waals surface area contributed by atoms with Crippen LogP contribution in [0.4, 0.5) is 11.5 Å². The number of anilines is 2. The van der Waals surface area contributed by atoms with E-state index in [1.54, 1.807) is 12.3 Å². The predicted octanol–water partition coefficient (Wildman–Crippen LogP) is 1.78. The Balaban J connectivity index is 2.13. The third kappa shape index (κ3) is 3.36. The standard InChI is InChI=1S/C14H22N4O/c1-18(9-10-5-3-2-4-6-10)14-12(13(16)19)7-11(15)8-17-14/h7-8,10H,2-6,9,15H2,1H3,(H2,16,19). The Bertz CT molecular complexity index is 455. The van der Waals surface area contributed by atoms with E-state index in [4.69, 9.17) is 11.5 Å². The molecule has 19 heavy (non-hydrogen) atoms. The van der Waals surface area contributed by atoms with Crippen molar-refractivity contribution in [1.82, 2.24) is 4.98 Å². The summed E-state index contributed by atoms with van der Waals surface area (Å²) >= 11 is 0. The summed E-state index contributed by atoms with van der Waals surface area (Å²) in [4.78, 5) is 17.8. The fraction of sp³-hybridized carbons (Fsp3) is 0.571. The Morgan fingerprint density at radius 1 is 1.42 bits per heavy atom. The molecule has 0 spiro atoms. The molecule has 4 N–H and O–H groups in total. The van der Waals surface area contributed by atoms with Crippen molar-refractivity contribution < 1.29 is 4.79 Å². The average Bonchev–Trinajstić information content (AvgIpc) is 2.39. The number of primary amides is 1. The van der Waals surface area contributed by atoms with Gasteiger partial charge in [-0.2, -0.15) is 0 Å².